The number of pyridine rings is 1. The highest BCUT2D eigenvalue weighted by Crippen LogP contribution is 2.24. The number of para-hydroxylation sites is 1. The van der Waals surface area contributed by atoms with Gasteiger partial charge < -0.3 is 4.90 Å². The Morgan fingerprint density at radius 1 is 1.00 bits per heavy atom. The van der Waals surface area contributed by atoms with Crippen molar-refractivity contribution in [2.75, 3.05) is 4.90 Å². The zero-order valence-electron chi connectivity index (χ0n) is 15.3. The molecule has 0 unspecified atom stereocenters. The van der Waals surface area contributed by atoms with E-state index < -0.39 is 0 Å². The van der Waals surface area contributed by atoms with Crippen LogP contribution >= 0.6 is 15.9 Å². The van der Waals surface area contributed by atoms with E-state index in [1.807, 2.05) is 37.3 Å². The quantitative estimate of drug-likeness (QED) is 0.632. The summed E-state index contributed by atoms with van der Waals surface area (Å²) in [4.78, 5) is 11.8. The van der Waals surface area contributed by atoms with E-state index in [0.29, 0.717) is 0 Å². The molecule has 2 aromatic carbocycles. The van der Waals surface area contributed by atoms with Gasteiger partial charge in [0.25, 0.3) is 0 Å². The largest absolute Gasteiger partial charge is 0.321 e. The van der Waals surface area contributed by atoms with Gasteiger partial charge >= 0.3 is 0 Å². The molecule has 134 valence electrons. The average Bonchev–Trinajstić information content (AvgIpc) is 2.66. The molecule has 0 N–H and O–H groups in total. The van der Waals surface area contributed by atoms with Gasteiger partial charge in [0.1, 0.15) is 6.17 Å². The Bertz CT molecular complexity index is 1130. The fourth-order valence-electron chi connectivity index (χ4n) is 3.22. The Balaban J connectivity index is 1.81. The molecule has 0 radical (unpaired) electrons. The third-order valence-electron chi connectivity index (χ3n) is 4.57. The summed E-state index contributed by atoms with van der Waals surface area (Å²) in [5, 5.41) is 2.10. The maximum Gasteiger partial charge on any atom is 0.145 e. The van der Waals surface area contributed by atoms with Crippen molar-refractivity contribution < 1.29 is 0 Å². The first kappa shape index (κ1) is 17.7. The van der Waals surface area contributed by atoms with E-state index in [9.17, 15) is 0 Å². The number of rotatable bonds is 3. The standard InChI is InChI=1S/C23H20BrN3/c1-16-6-3-4-9-22(16)27-15-18-14-19(24)10-12-21(18)26-23(27)13-11-20-8-5-7-17(2)25-20/h3-15,23H,1-2H3/t23-/m1/s1. The molecule has 4 heteroatoms. The molecule has 0 fully saturated rings. The molecule has 27 heavy (non-hydrogen) atoms. The van der Waals surface area contributed by atoms with E-state index in [1.165, 1.54) is 5.56 Å². The summed E-state index contributed by atoms with van der Waals surface area (Å²) in [5.41, 5.74) is 4.32. The fraction of sp³-hybridized carbons (Fsp3) is 0.130. The molecule has 3 aromatic rings. The lowest BCUT2D eigenvalue weighted by Gasteiger charge is -2.29. The third kappa shape index (κ3) is 3.86. The van der Waals surface area contributed by atoms with Gasteiger partial charge in [-0.1, -0.05) is 40.2 Å². The Hall–Kier alpha value is -2.72. The number of aryl methyl sites for hydroxylation is 2. The molecule has 1 aliphatic rings. The van der Waals surface area contributed by atoms with Crippen LogP contribution in [-0.2, 0) is 0 Å². The predicted octanol–water partition coefficient (Wildman–Crippen LogP) is 4.38. The number of anilines is 1. The van der Waals surface area contributed by atoms with Gasteiger partial charge in [-0.3, -0.25) is 9.98 Å². The molecule has 1 atom stereocenters. The first-order chi connectivity index (χ1) is 13.1. The van der Waals surface area contributed by atoms with Gasteiger partial charge in [-0.05, 0) is 68.0 Å². The van der Waals surface area contributed by atoms with Crippen molar-refractivity contribution >= 4 is 33.9 Å². The zero-order valence-corrected chi connectivity index (χ0v) is 16.9. The van der Waals surface area contributed by atoms with Crippen molar-refractivity contribution in [2.24, 2.45) is 4.99 Å². The number of nitrogens with zero attached hydrogens (tertiary/aromatic N) is 3. The number of hydrogen-bond acceptors (Lipinski definition) is 3. The summed E-state index contributed by atoms with van der Waals surface area (Å²) >= 11 is 3.56. The molecule has 0 bridgehead atoms. The average molecular weight is 418 g/mol. The molecule has 0 saturated carbocycles. The molecule has 1 aromatic heterocycles. The van der Waals surface area contributed by atoms with E-state index >= 15 is 0 Å². The van der Waals surface area contributed by atoms with Crippen LogP contribution in [0.15, 0.2) is 76.2 Å². The number of hydrogen-bond donors (Lipinski definition) is 0. The summed E-state index contributed by atoms with van der Waals surface area (Å²) in [6, 6.07) is 20.6. The van der Waals surface area contributed by atoms with Crippen LogP contribution in [0.1, 0.15) is 17.0 Å². The SMILES string of the molecule is Cc1cccc(C=C[C@@H]2N=c3ccc(Br)cc3=CN2c2ccccc2C)n1. The molecule has 0 amide bonds. The summed E-state index contributed by atoms with van der Waals surface area (Å²) in [6.45, 7) is 4.13. The highest BCUT2D eigenvalue weighted by molar-refractivity contribution is 9.10. The summed E-state index contributed by atoms with van der Waals surface area (Å²) in [7, 11) is 0. The Morgan fingerprint density at radius 3 is 2.67 bits per heavy atom. The van der Waals surface area contributed by atoms with Gasteiger partial charge in [0.15, 0.2) is 0 Å². The lowest BCUT2D eigenvalue weighted by molar-refractivity contribution is 0.796. The van der Waals surface area contributed by atoms with E-state index in [0.717, 1.165) is 32.1 Å². The smallest absolute Gasteiger partial charge is 0.145 e. The minimum atomic E-state index is -0.123. The lowest BCUT2D eigenvalue weighted by atomic mass is 10.1. The molecule has 1 aliphatic heterocycles. The number of halogens is 1. The maximum absolute atomic E-state index is 4.98. The van der Waals surface area contributed by atoms with Crippen molar-refractivity contribution in [3.05, 3.63) is 98.7 Å². The van der Waals surface area contributed by atoms with Crippen molar-refractivity contribution in [3.8, 4) is 0 Å². The summed E-state index contributed by atoms with van der Waals surface area (Å²) in [6.07, 6.45) is 6.20. The van der Waals surface area contributed by atoms with Gasteiger partial charge in [-0.15, -0.1) is 0 Å². The minimum Gasteiger partial charge on any atom is -0.321 e. The Labute approximate surface area is 167 Å². The molecule has 0 aliphatic carbocycles. The van der Waals surface area contributed by atoms with Gasteiger partial charge in [-0.25, -0.2) is 0 Å². The van der Waals surface area contributed by atoms with Crippen molar-refractivity contribution in [3.63, 3.8) is 0 Å². The van der Waals surface area contributed by atoms with E-state index in [-0.39, 0.29) is 6.17 Å². The van der Waals surface area contributed by atoms with Crippen LogP contribution in [0.3, 0.4) is 0 Å². The summed E-state index contributed by atoms with van der Waals surface area (Å²) < 4.78 is 1.05. The number of benzene rings is 2. The first-order valence-corrected chi connectivity index (χ1v) is 9.70. The van der Waals surface area contributed by atoms with Crippen LogP contribution in [0.2, 0.25) is 0 Å². The van der Waals surface area contributed by atoms with Crippen molar-refractivity contribution in [2.45, 2.75) is 20.0 Å². The minimum absolute atomic E-state index is 0.123. The Kier molecular flexibility index (Phi) is 4.90. The highest BCUT2D eigenvalue weighted by Gasteiger charge is 2.18. The van der Waals surface area contributed by atoms with Crippen LogP contribution in [-0.4, -0.2) is 11.1 Å². The third-order valence-corrected chi connectivity index (χ3v) is 5.06. The van der Waals surface area contributed by atoms with E-state index in [4.69, 9.17) is 4.99 Å². The second kappa shape index (κ2) is 7.49. The summed E-state index contributed by atoms with van der Waals surface area (Å²) in [5.74, 6) is 0. The van der Waals surface area contributed by atoms with Gasteiger partial charge in [-0.2, -0.15) is 0 Å². The second-order valence-corrected chi connectivity index (χ2v) is 7.55. The monoisotopic (exact) mass is 417 g/mol. The first-order valence-electron chi connectivity index (χ1n) is 8.91. The van der Waals surface area contributed by atoms with Crippen LogP contribution in [0, 0.1) is 13.8 Å². The van der Waals surface area contributed by atoms with Crippen molar-refractivity contribution in [1.29, 1.82) is 0 Å². The molecule has 0 spiro atoms. The molecule has 0 saturated heterocycles. The zero-order chi connectivity index (χ0) is 18.8. The van der Waals surface area contributed by atoms with Gasteiger partial charge in [0.05, 0.1) is 11.1 Å². The van der Waals surface area contributed by atoms with Crippen LogP contribution < -0.4 is 15.5 Å². The van der Waals surface area contributed by atoms with Crippen LogP contribution in [0.5, 0.6) is 0 Å². The molecule has 4 rings (SSSR count). The Morgan fingerprint density at radius 2 is 1.85 bits per heavy atom. The molecular weight excluding hydrogens is 398 g/mol. The lowest BCUT2D eigenvalue weighted by Crippen LogP contribution is -2.41. The number of fused-ring (bicyclic) bond motifs is 1. The topological polar surface area (TPSA) is 28.5 Å². The van der Waals surface area contributed by atoms with Gasteiger partial charge in [0, 0.05) is 27.3 Å². The predicted molar refractivity (Wildman–Crippen MR) is 115 cm³/mol. The maximum atomic E-state index is 4.98. The fourth-order valence-corrected chi connectivity index (χ4v) is 3.60. The molecule has 2 heterocycles. The molecule has 3 nitrogen and oxygen atoms in total. The van der Waals surface area contributed by atoms with E-state index in [2.05, 4.69) is 81.4 Å². The van der Waals surface area contributed by atoms with Gasteiger partial charge in [0.2, 0.25) is 0 Å². The van der Waals surface area contributed by atoms with Crippen LogP contribution in [0.25, 0.3) is 12.3 Å². The van der Waals surface area contributed by atoms with E-state index in [1.54, 1.807) is 0 Å². The molecular formula is C23H20BrN3. The van der Waals surface area contributed by atoms with Crippen molar-refractivity contribution in [1.82, 2.24) is 4.98 Å². The highest BCUT2D eigenvalue weighted by atomic mass is 79.9. The normalized spacial score (nSPS) is 16.0. The number of aromatic nitrogens is 1. The van der Waals surface area contributed by atoms with Crippen LogP contribution in [0.4, 0.5) is 5.69 Å². The second-order valence-electron chi connectivity index (χ2n) is 6.63.